The highest BCUT2D eigenvalue weighted by molar-refractivity contribution is 5.93. The molecule has 0 aliphatic heterocycles. The molecule has 2 amide bonds. The van der Waals surface area contributed by atoms with Crippen LogP contribution in [0.4, 0.5) is 5.69 Å². The maximum Gasteiger partial charge on any atom is 0.240 e. The molecule has 0 aliphatic rings. The summed E-state index contributed by atoms with van der Waals surface area (Å²) in [5, 5.41) is 6.66. The van der Waals surface area contributed by atoms with Crippen LogP contribution in [0.2, 0.25) is 0 Å². The number of benzene rings is 2. The first kappa shape index (κ1) is 21.0. The Morgan fingerprint density at radius 1 is 0.929 bits per heavy atom. The second kappa shape index (κ2) is 11.4. The second-order valence-corrected chi connectivity index (χ2v) is 5.78. The van der Waals surface area contributed by atoms with Crippen LogP contribution in [0.15, 0.2) is 53.6 Å². The van der Waals surface area contributed by atoms with E-state index < -0.39 is 0 Å². The van der Waals surface area contributed by atoms with Gasteiger partial charge in [-0.05, 0) is 49.7 Å². The smallest absolute Gasteiger partial charge is 0.240 e. The lowest BCUT2D eigenvalue weighted by molar-refractivity contribution is -0.124. The maximum absolute atomic E-state index is 11.8. The number of carbonyl (C=O) groups excluding carboxylic acids is 2. The van der Waals surface area contributed by atoms with Crippen molar-refractivity contribution in [3.63, 3.8) is 0 Å². The van der Waals surface area contributed by atoms with E-state index in [0.717, 1.165) is 5.56 Å². The second-order valence-electron chi connectivity index (χ2n) is 5.78. The number of rotatable bonds is 10. The third-order valence-corrected chi connectivity index (χ3v) is 3.61. The molecule has 2 aromatic rings. The van der Waals surface area contributed by atoms with Gasteiger partial charge in [0.15, 0.2) is 11.5 Å². The molecule has 2 rings (SSSR count). The predicted molar refractivity (Wildman–Crippen MR) is 109 cm³/mol. The lowest BCUT2D eigenvalue weighted by Crippen LogP contribution is -2.20. The van der Waals surface area contributed by atoms with Crippen molar-refractivity contribution in [2.24, 2.45) is 5.10 Å². The van der Waals surface area contributed by atoms with Crippen LogP contribution < -0.4 is 20.2 Å². The summed E-state index contributed by atoms with van der Waals surface area (Å²) >= 11 is 0. The minimum atomic E-state index is -0.338. The Morgan fingerprint density at radius 3 is 2.32 bits per heavy atom. The van der Waals surface area contributed by atoms with Crippen molar-refractivity contribution in [2.45, 2.75) is 26.7 Å². The fraction of sp³-hybridized carbons (Fsp3) is 0.286. The molecule has 2 N–H and O–H groups in total. The summed E-state index contributed by atoms with van der Waals surface area (Å²) in [7, 11) is 0. The average Bonchev–Trinajstić information content (AvgIpc) is 2.69. The van der Waals surface area contributed by atoms with Crippen molar-refractivity contribution in [3.05, 3.63) is 54.1 Å². The number of para-hydroxylation sites is 1. The summed E-state index contributed by atoms with van der Waals surface area (Å²) in [6.07, 6.45) is 1.64. The number of carbonyl (C=O) groups is 2. The first-order valence-corrected chi connectivity index (χ1v) is 9.18. The molecule has 0 atom stereocenters. The van der Waals surface area contributed by atoms with E-state index >= 15 is 0 Å². The topological polar surface area (TPSA) is 89.0 Å². The van der Waals surface area contributed by atoms with Crippen LogP contribution in [-0.2, 0) is 9.59 Å². The fourth-order valence-electron chi connectivity index (χ4n) is 2.35. The molecule has 0 bridgehead atoms. The number of hydrazone groups is 1. The zero-order valence-electron chi connectivity index (χ0n) is 16.1. The highest BCUT2D eigenvalue weighted by Gasteiger charge is 2.07. The van der Waals surface area contributed by atoms with E-state index in [4.69, 9.17) is 9.47 Å². The van der Waals surface area contributed by atoms with Gasteiger partial charge < -0.3 is 14.8 Å². The summed E-state index contributed by atoms with van der Waals surface area (Å²) in [4.78, 5) is 23.7. The molecule has 0 radical (unpaired) electrons. The zero-order chi connectivity index (χ0) is 20.2. The van der Waals surface area contributed by atoms with Crippen LogP contribution in [0.5, 0.6) is 11.5 Å². The Labute approximate surface area is 164 Å². The van der Waals surface area contributed by atoms with E-state index in [1.807, 2.05) is 38.1 Å². The zero-order valence-corrected chi connectivity index (χ0v) is 16.1. The van der Waals surface area contributed by atoms with Gasteiger partial charge in [-0.15, -0.1) is 0 Å². The maximum atomic E-state index is 11.8. The van der Waals surface area contributed by atoms with Crippen molar-refractivity contribution in [3.8, 4) is 11.5 Å². The van der Waals surface area contributed by atoms with Crippen molar-refractivity contribution in [1.29, 1.82) is 0 Å². The number of nitrogens with zero attached hydrogens (tertiary/aromatic N) is 1. The molecule has 7 nitrogen and oxygen atoms in total. The standard InChI is InChI=1S/C21H25N3O4/c1-3-27-18-11-10-16(14-19(18)28-4-2)15-22-24-21(26)13-12-20(25)23-17-8-6-5-7-9-17/h5-11,14-15H,3-4,12-13H2,1-2H3,(H,23,25)(H,24,26). The average molecular weight is 383 g/mol. The SMILES string of the molecule is CCOc1ccc(C=NNC(=O)CCC(=O)Nc2ccccc2)cc1OCC. The largest absolute Gasteiger partial charge is 0.490 e. The lowest BCUT2D eigenvalue weighted by Gasteiger charge is -2.11. The monoisotopic (exact) mass is 383 g/mol. The van der Waals surface area contributed by atoms with Gasteiger partial charge in [-0.25, -0.2) is 5.43 Å². The number of hydrogen-bond donors (Lipinski definition) is 2. The van der Waals surface area contributed by atoms with Gasteiger partial charge in [0.1, 0.15) is 0 Å². The molecule has 7 heteroatoms. The predicted octanol–water partition coefficient (Wildman–Crippen LogP) is 3.35. The van der Waals surface area contributed by atoms with Gasteiger partial charge in [-0.1, -0.05) is 18.2 Å². The van der Waals surface area contributed by atoms with Gasteiger partial charge in [0.2, 0.25) is 11.8 Å². The van der Waals surface area contributed by atoms with Gasteiger partial charge in [-0.3, -0.25) is 9.59 Å². The van der Waals surface area contributed by atoms with Crippen molar-refractivity contribution in [2.75, 3.05) is 18.5 Å². The molecule has 2 aromatic carbocycles. The summed E-state index contributed by atoms with van der Waals surface area (Å²) < 4.78 is 11.1. The molecular formula is C21H25N3O4. The quantitative estimate of drug-likeness (QED) is 0.486. The third-order valence-electron chi connectivity index (χ3n) is 3.61. The number of ether oxygens (including phenoxy) is 2. The summed E-state index contributed by atoms with van der Waals surface area (Å²) in [5.74, 6) is 0.723. The fourth-order valence-corrected chi connectivity index (χ4v) is 2.35. The van der Waals surface area contributed by atoms with Gasteiger partial charge in [0.05, 0.1) is 19.4 Å². The van der Waals surface area contributed by atoms with E-state index in [-0.39, 0.29) is 24.7 Å². The number of nitrogens with one attached hydrogen (secondary N) is 2. The van der Waals surface area contributed by atoms with Crippen molar-refractivity contribution < 1.29 is 19.1 Å². The summed E-state index contributed by atoms with van der Waals surface area (Å²) in [5.41, 5.74) is 3.88. The molecule has 0 unspecified atom stereocenters. The Bertz CT molecular complexity index is 807. The van der Waals surface area contributed by atoms with Crippen molar-refractivity contribution in [1.82, 2.24) is 5.43 Å². The molecule has 0 saturated carbocycles. The Balaban J connectivity index is 1.80. The number of hydrogen-bond acceptors (Lipinski definition) is 5. The normalized spacial score (nSPS) is 10.5. The minimum Gasteiger partial charge on any atom is -0.490 e. The third kappa shape index (κ3) is 7.11. The van der Waals surface area contributed by atoms with Crippen LogP contribution in [-0.4, -0.2) is 31.2 Å². The number of anilines is 1. The minimum absolute atomic E-state index is 0.0451. The van der Waals surface area contributed by atoms with Crippen LogP contribution in [0.3, 0.4) is 0 Å². The first-order chi connectivity index (χ1) is 13.6. The van der Waals surface area contributed by atoms with E-state index in [0.29, 0.717) is 30.4 Å². The Hall–Kier alpha value is -3.35. The molecule has 0 heterocycles. The van der Waals surface area contributed by atoms with Gasteiger partial charge in [0, 0.05) is 18.5 Å². The molecule has 28 heavy (non-hydrogen) atoms. The highest BCUT2D eigenvalue weighted by Crippen LogP contribution is 2.27. The molecule has 0 aromatic heterocycles. The Morgan fingerprint density at radius 2 is 1.61 bits per heavy atom. The first-order valence-electron chi connectivity index (χ1n) is 9.18. The van der Waals surface area contributed by atoms with E-state index in [2.05, 4.69) is 15.8 Å². The van der Waals surface area contributed by atoms with Gasteiger partial charge in [-0.2, -0.15) is 5.10 Å². The van der Waals surface area contributed by atoms with Crippen LogP contribution in [0.25, 0.3) is 0 Å². The summed E-state index contributed by atoms with van der Waals surface area (Å²) in [6.45, 7) is 4.86. The molecule has 0 fully saturated rings. The van der Waals surface area contributed by atoms with Gasteiger partial charge in [0.25, 0.3) is 0 Å². The Kier molecular flexibility index (Phi) is 8.52. The van der Waals surface area contributed by atoms with Gasteiger partial charge >= 0.3 is 0 Å². The lowest BCUT2D eigenvalue weighted by atomic mass is 10.2. The molecular weight excluding hydrogens is 358 g/mol. The molecule has 0 saturated heterocycles. The molecule has 148 valence electrons. The van der Waals surface area contributed by atoms with Crippen molar-refractivity contribution >= 4 is 23.7 Å². The van der Waals surface area contributed by atoms with E-state index in [9.17, 15) is 9.59 Å². The molecule has 0 aliphatic carbocycles. The van der Waals surface area contributed by atoms with Crippen LogP contribution in [0.1, 0.15) is 32.3 Å². The van der Waals surface area contributed by atoms with E-state index in [1.165, 1.54) is 6.21 Å². The van der Waals surface area contributed by atoms with Crippen LogP contribution in [0, 0.1) is 0 Å². The van der Waals surface area contributed by atoms with Crippen LogP contribution >= 0.6 is 0 Å². The molecule has 0 spiro atoms. The van der Waals surface area contributed by atoms with E-state index in [1.54, 1.807) is 24.3 Å². The number of amides is 2. The highest BCUT2D eigenvalue weighted by atomic mass is 16.5. The summed E-state index contributed by atoms with van der Waals surface area (Å²) in [6, 6.07) is 14.5.